The Balaban J connectivity index is 1.69. The SMILES string of the molecule is COc1ccccc1OC(C)CNC(=O)c1cn(C)c(=O)c2c1CCCC2. The van der Waals surface area contributed by atoms with Crippen LogP contribution >= 0.6 is 0 Å². The van der Waals surface area contributed by atoms with Crippen molar-refractivity contribution < 1.29 is 14.3 Å². The zero-order valence-electron chi connectivity index (χ0n) is 16.1. The molecule has 0 fully saturated rings. The van der Waals surface area contributed by atoms with Crippen LogP contribution < -0.4 is 20.3 Å². The van der Waals surface area contributed by atoms with Crippen molar-refractivity contribution >= 4 is 5.91 Å². The van der Waals surface area contributed by atoms with Crippen LogP contribution in [0.2, 0.25) is 0 Å². The van der Waals surface area contributed by atoms with Crippen LogP contribution in [0, 0.1) is 0 Å². The first-order valence-corrected chi connectivity index (χ1v) is 9.30. The Hall–Kier alpha value is -2.76. The molecule has 1 aliphatic carbocycles. The number of aryl methyl sites for hydroxylation is 1. The van der Waals surface area contributed by atoms with E-state index in [9.17, 15) is 9.59 Å². The van der Waals surface area contributed by atoms with Crippen LogP contribution in [0.5, 0.6) is 11.5 Å². The fourth-order valence-electron chi connectivity index (χ4n) is 3.48. The molecule has 0 bridgehead atoms. The normalized spacial score (nSPS) is 14.2. The van der Waals surface area contributed by atoms with E-state index >= 15 is 0 Å². The number of nitrogens with zero attached hydrogens (tertiary/aromatic N) is 1. The quantitative estimate of drug-likeness (QED) is 0.848. The third kappa shape index (κ3) is 4.15. The second kappa shape index (κ2) is 8.29. The molecule has 144 valence electrons. The molecule has 27 heavy (non-hydrogen) atoms. The average Bonchev–Trinajstić information content (AvgIpc) is 2.69. The number of amides is 1. The molecule has 6 nitrogen and oxygen atoms in total. The number of hydrogen-bond donors (Lipinski definition) is 1. The number of carbonyl (C=O) groups is 1. The molecule has 1 atom stereocenters. The van der Waals surface area contributed by atoms with Gasteiger partial charge < -0.3 is 19.4 Å². The first kappa shape index (κ1) is 19.0. The van der Waals surface area contributed by atoms with E-state index in [1.54, 1.807) is 20.4 Å². The van der Waals surface area contributed by atoms with E-state index in [1.807, 2.05) is 31.2 Å². The average molecular weight is 370 g/mol. The molecule has 1 amide bonds. The summed E-state index contributed by atoms with van der Waals surface area (Å²) in [7, 11) is 3.29. The van der Waals surface area contributed by atoms with Gasteiger partial charge in [-0.05, 0) is 50.3 Å². The van der Waals surface area contributed by atoms with Crippen LogP contribution in [-0.4, -0.2) is 30.2 Å². The van der Waals surface area contributed by atoms with Crippen molar-refractivity contribution in [2.75, 3.05) is 13.7 Å². The fraction of sp³-hybridized carbons (Fsp3) is 0.429. The number of para-hydroxylation sites is 2. The van der Waals surface area contributed by atoms with Gasteiger partial charge in [0.1, 0.15) is 6.10 Å². The van der Waals surface area contributed by atoms with Gasteiger partial charge in [-0.15, -0.1) is 0 Å². The molecule has 1 N–H and O–H groups in total. The van der Waals surface area contributed by atoms with Crippen LogP contribution in [-0.2, 0) is 19.9 Å². The van der Waals surface area contributed by atoms with Crippen molar-refractivity contribution in [1.29, 1.82) is 0 Å². The summed E-state index contributed by atoms with van der Waals surface area (Å²) in [5.41, 5.74) is 2.29. The van der Waals surface area contributed by atoms with Gasteiger partial charge in [-0.25, -0.2) is 0 Å². The maximum Gasteiger partial charge on any atom is 0.253 e. The van der Waals surface area contributed by atoms with Gasteiger partial charge in [0.25, 0.3) is 11.5 Å². The Labute approximate surface area is 159 Å². The standard InChI is InChI=1S/C21H26N2O4/c1-14(27-19-11-7-6-10-18(19)26-3)12-22-20(24)17-13-23(2)21(25)16-9-5-4-8-15(16)17/h6-7,10-11,13-14H,4-5,8-9,12H2,1-3H3,(H,22,24). The zero-order valence-corrected chi connectivity index (χ0v) is 16.1. The van der Waals surface area contributed by atoms with Crippen molar-refractivity contribution in [3.8, 4) is 11.5 Å². The maximum absolute atomic E-state index is 12.8. The molecule has 1 aromatic heterocycles. The summed E-state index contributed by atoms with van der Waals surface area (Å²) in [6.45, 7) is 2.25. The van der Waals surface area contributed by atoms with Crippen LogP contribution in [0.3, 0.4) is 0 Å². The second-order valence-electron chi connectivity index (χ2n) is 6.91. The number of hydrogen-bond acceptors (Lipinski definition) is 4. The number of carbonyl (C=O) groups excluding carboxylic acids is 1. The van der Waals surface area contributed by atoms with Gasteiger partial charge in [0, 0.05) is 18.8 Å². The van der Waals surface area contributed by atoms with Crippen LogP contribution in [0.25, 0.3) is 0 Å². The Kier molecular flexibility index (Phi) is 5.84. The van der Waals surface area contributed by atoms with Gasteiger partial charge in [0.05, 0.1) is 19.2 Å². The van der Waals surface area contributed by atoms with E-state index in [0.717, 1.165) is 36.8 Å². The Morgan fingerprint density at radius 1 is 1.19 bits per heavy atom. The van der Waals surface area contributed by atoms with E-state index in [4.69, 9.17) is 9.47 Å². The highest BCUT2D eigenvalue weighted by Crippen LogP contribution is 2.26. The first-order chi connectivity index (χ1) is 13.0. The third-order valence-electron chi connectivity index (χ3n) is 4.89. The molecule has 2 aromatic rings. The highest BCUT2D eigenvalue weighted by molar-refractivity contribution is 5.95. The monoisotopic (exact) mass is 370 g/mol. The summed E-state index contributed by atoms with van der Waals surface area (Å²) in [5, 5.41) is 2.93. The fourth-order valence-corrected chi connectivity index (χ4v) is 3.48. The molecule has 1 aliphatic rings. The topological polar surface area (TPSA) is 69.6 Å². The first-order valence-electron chi connectivity index (χ1n) is 9.30. The molecular weight excluding hydrogens is 344 g/mol. The van der Waals surface area contributed by atoms with E-state index in [0.29, 0.717) is 23.6 Å². The lowest BCUT2D eigenvalue weighted by molar-refractivity contribution is 0.0929. The number of pyridine rings is 1. The highest BCUT2D eigenvalue weighted by Gasteiger charge is 2.22. The molecule has 1 heterocycles. The van der Waals surface area contributed by atoms with Gasteiger partial charge in [-0.1, -0.05) is 12.1 Å². The minimum Gasteiger partial charge on any atom is -0.493 e. The molecule has 6 heteroatoms. The van der Waals surface area contributed by atoms with Crippen molar-refractivity contribution in [1.82, 2.24) is 9.88 Å². The predicted octanol–water partition coefficient (Wildman–Crippen LogP) is 2.47. The summed E-state index contributed by atoms with van der Waals surface area (Å²) in [6, 6.07) is 7.42. The number of fused-ring (bicyclic) bond motifs is 1. The lowest BCUT2D eigenvalue weighted by Crippen LogP contribution is -2.36. The van der Waals surface area contributed by atoms with Crippen molar-refractivity contribution in [3.63, 3.8) is 0 Å². The summed E-state index contributed by atoms with van der Waals surface area (Å²) in [5.74, 6) is 1.13. The van der Waals surface area contributed by atoms with Crippen molar-refractivity contribution in [3.05, 3.63) is 57.5 Å². The number of ether oxygens (including phenoxy) is 2. The zero-order chi connectivity index (χ0) is 19.4. The maximum atomic E-state index is 12.8. The van der Waals surface area contributed by atoms with Gasteiger partial charge in [-0.2, -0.15) is 0 Å². The molecule has 0 spiro atoms. The number of nitrogens with one attached hydrogen (secondary N) is 1. The largest absolute Gasteiger partial charge is 0.493 e. The lowest BCUT2D eigenvalue weighted by Gasteiger charge is -2.21. The molecule has 3 rings (SSSR count). The molecule has 0 aliphatic heterocycles. The Morgan fingerprint density at radius 2 is 1.85 bits per heavy atom. The molecule has 1 unspecified atom stereocenters. The van der Waals surface area contributed by atoms with E-state index in [-0.39, 0.29) is 17.6 Å². The molecule has 1 aromatic carbocycles. The molecule has 0 saturated heterocycles. The summed E-state index contributed by atoms with van der Waals surface area (Å²) in [4.78, 5) is 25.1. The minimum atomic E-state index is -0.228. The number of aromatic nitrogens is 1. The van der Waals surface area contributed by atoms with Crippen molar-refractivity contribution in [2.45, 2.75) is 38.7 Å². The van der Waals surface area contributed by atoms with E-state index < -0.39 is 0 Å². The Bertz CT molecular complexity index is 888. The van der Waals surface area contributed by atoms with Gasteiger partial charge in [0.15, 0.2) is 11.5 Å². The van der Waals surface area contributed by atoms with Crippen LogP contribution in [0.1, 0.15) is 41.3 Å². The number of methoxy groups -OCH3 is 1. The lowest BCUT2D eigenvalue weighted by atomic mass is 9.89. The summed E-state index contributed by atoms with van der Waals surface area (Å²) in [6.07, 6.45) is 4.95. The second-order valence-corrected chi connectivity index (χ2v) is 6.91. The summed E-state index contributed by atoms with van der Waals surface area (Å²) >= 11 is 0. The molecular formula is C21H26N2O4. The van der Waals surface area contributed by atoms with E-state index in [2.05, 4.69) is 5.32 Å². The Morgan fingerprint density at radius 3 is 2.56 bits per heavy atom. The van der Waals surface area contributed by atoms with Crippen LogP contribution in [0.4, 0.5) is 0 Å². The van der Waals surface area contributed by atoms with Gasteiger partial charge in [0.2, 0.25) is 0 Å². The van der Waals surface area contributed by atoms with Crippen LogP contribution in [0.15, 0.2) is 35.3 Å². The molecule has 0 radical (unpaired) electrons. The summed E-state index contributed by atoms with van der Waals surface area (Å²) < 4.78 is 12.7. The van der Waals surface area contributed by atoms with Gasteiger partial charge in [-0.3, -0.25) is 9.59 Å². The molecule has 0 saturated carbocycles. The highest BCUT2D eigenvalue weighted by atomic mass is 16.5. The number of rotatable bonds is 6. The third-order valence-corrected chi connectivity index (χ3v) is 4.89. The number of benzene rings is 1. The van der Waals surface area contributed by atoms with Crippen molar-refractivity contribution in [2.24, 2.45) is 7.05 Å². The smallest absolute Gasteiger partial charge is 0.253 e. The minimum absolute atomic E-state index is 0.00845. The predicted molar refractivity (Wildman–Crippen MR) is 104 cm³/mol. The van der Waals surface area contributed by atoms with Gasteiger partial charge >= 0.3 is 0 Å². The van der Waals surface area contributed by atoms with E-state index in [1.165, 1.54) is 4.57 Å².